The second-order valence-electron chi connectivity index (χ2n) is 5.79. The normalized spacial score (nSPS) is 14.0. The van der Waals surface area contributed by atoms with Crippen LogP contribution in [0.5, 0.6) is 5.75 Å². The molecule has 2 atom stereocenters. The molecule has 2 unspecified atom stereocenters. The Morgan fingerprint density at radius 1 is 1.28 bits per heavy atom. The van der Waals surface area contributed by atoms with Crippen LogP contribution in [0.3, 0.4) is 0 Å². The predicted molar refractivity (Wildman–Crippen MR) is 81.7 cm³/mol. The number of esters is 1. The van der Waals surface area contributed by atoms with Crippen LogP contribution in [-0.2, 0) is 9.53 Å². The van der Waals surface area contributed by atoms with Crippen molar-refractivity contribution >= 4 is 5.97 Å². The maximum atomic E-state index is 13.6. The molecule has 0 radical (unpaired) electrons. The summed E-state index contributed by atoms with van der Waals surface area (Å²) in [5, 5.41) is 3.91. The average molecular weight is 357 g/mol. The maximum Gasteiger partial charge on any atom is 0.303 e. The number of hydrogen-bond acceptors (Lipinski definition) is 5. The molecule has 0 N–H and O–H groups in total. The van der Waals surface area contributed by atoms with Gasteiger partial charge in [0.05, 0.1) is 5.41 Å². The van der Waals surface area contributed by atoms with Gasteiger partial charge in [-0.1, -0.05) is 6.92 Å². The Balaban J connectivity index is 2.42. The zero-order valence-corrected chi connectivity index (χ0v) is 13.7. The van der Waals surface area contributed by atoms with Gasteiger partial charge in [-0.05, 0) is 24.3 Å². The number of halogens is 3. The van der Waals surface area contributed by atoms with Gasteiger partial charge in [0.25, 0.3) is 0 Å². The van der Waals surface area contributed by atoms with Crippen molar-refractivity contribution < 1.29 is 27.4 Å². The van der Waals surface area contributed by atoms with E-state index in [1.807, 2.05) is 0 Å². The fourth-order valence-electron chi connectivity index (χ4n) is 2.17. The summed E-state index contributed by atoms with van der Waals surface area (Å²) in [5.74, 6) is -0.997. The first kappa shape index (κ1) is 18.8. The number of aromatic nitrogens is 3. The van der Waals surface area contributed by atoms with Crippen LogP contribution in [0.2, 0.25) is 0 Å². The van der Waals surface area contributed by atoms with Gasteiger partial charge < -0.3 is 9.47 Å². The standard InChI is InChI=1S/C16H18F3N3O3/c1-11(23)24-14(16(2,7-17)8-18)15(22-10-20-9-21-22)25-13-5-3-12(19)4-6-13/h3-6,9-10,14-15H,7-8H2,1-2H3. The van der Waals surface area contributed by atoms with E-state index in [0.717, 1.165) is 19.1 Å². The molecular weight excluding hydrogens is 339 g/mol. The van der Waals surface area contributed by atoms with Gasteiger partial charge in [-0.2, -0.15) is 5.10 Å². The molecule has 0 aliphatic rings. The van der Waals surface area contributed by atoms with Crippen molar-refractivity contribution in [1.82, 2.24) is 14.8 Å². The van der Waals surface area contributed by atoms with Gasteiger partial charge in [-0.3, -0.25) is 13.6 Å². The third-order valence-corrected chi connectivity index (χ3v) is 3.62. The summed E-state index contributed by atoms with van der Waals surface area (Å²) in [6.07, 6.45) is -0.0737. The van der Waals surface area contributed by atoms with E-state index in [2.05, 4.69) is 10.1 Å². The van der Waals surface area contributed by atoms with Crippen LogP contribution in [0.4, 0.5) is 13.2 Å². The molecule has 0 bridgehead atoms. The van der Waals surface area contributed by atoms with Crippen LogP contribution in [-0.4, -0.2) is 40.2 Å². The van der Waals surface area contributed by atoms with Gasteiger partial charge in [0.1, 0.15) is 37.6 Å². The van der Waals surface area contributed by atoms with Crippen molar-refractivity contribution in [3.63, 3.8) is 0 Å². The summed E-state index contributed by atoms with van der Waals surface area (Å²) in [7, 11) is 0. The number of hydrogen-bond donors (Lipinski definition) is 0. The van der Waals surface area contributed by atoms with Crippen molar-refractivity contribution in [1.29, 1.82) is 0 Å². The topological polar surface area (TPSA) is 66.2 Å². The monoisotopic (exact) mass is 357 g/mol. The lowest BCUT2D eigenvalue weighted by Gasteiger charge is -2.37. The molecule has 0 amide bonds. The minimum absolute atomic E-state index is 0.208. The van der Waals surface area contributed by atoms with E-state index in [1.165, 1.54) is 36.4 Å². The number of benzene rings is 1. The fraction of sp³-hybridized carbons (Fsp3) is 0.438. The number of nitrogens with zero attached hydrogens (tertiary/aromatic N) is 3. The third kappa shape index (κ3) is 4.49. The summed E-state index contributed by atoms with van der Waals surface area (Å²) in [6, 6.07) is 5.01. The lowest BCUT2D eigenvalue weighted by Crippen LogP contribution is -2.47. The van der Waals surface area contributed by atoms with Gasteiger partial charge >= 0.3 is 5.97 Å². The molecule has 0 saturated heterocycles. The summed E-state index contributed by atoms with van der Waals surface area (Å²) in [6.45, 7) is 0.220. The van der Waals surface area contributed by atoms with E-state index in [0.29, 0.717) is 0 Å². The molecule has 1 aromatic carbocycles. The minimum atomic E-state index is -1.66. The van der Waals surface area contributed by atoms with E-state index in [9.17, 15) is 18.0 Å². The molecule has 25 heavy (non-hydrogen) atoms. The number of rotatable bonds is 8. The van der Waals surface area contributed by atoms with Gasteiger partial charge in [-0.25, -0.2) is 14.1 Å². The maximum absolute atomic E-state index is 13.6. The molecule has 2 aromatic rings. The highest BCUT2D eigenvalue weighted by Crippen LogP contribution is 2.35. The largest absolute Gasteiger partial charge is 0.465 e. The Morgan fingerprint density at radius 2 is 1.92 bits per heavy atom. The Bertz CT molecular complexity index is 676. The highest BCUT2D eigenvalue weighted by molar-refractivity contribution is 5.66. The Kier molecular flexibility index (Phi) is 6.00. The molecule has 0 aliphatic heterocycles. The molecule has 1 heterocycles. The highest BCUT2D eigenvalue weighted by atomic mass is 19.1. The van der Waals surface area contributed by atoms with Crippen LogP contribution in [0.25, 0.3) is 0 Å². The van der Waals surface area contributed by atoms with Crippen LogP contribution in [0.15, 0.2) is 36.9 Å². The van der Waals surface area contributed by atoms with Crippen LogP contribution in [0, 0.1) is 11.2 Å². The minimum Gasteiger partial charge on any atom is -0.465 e. The first-order valence-corrected chi connectivity index (χ1v) is 7.45. The lowest BCUT2D eigenvalue weighted by molar-refractivity contribution is -0.172. The van der Waals surface area contributed by atoms with E-state index in [4.69, 9.17) is 9.47 Å². The van der Waals surface area contributed by atoms with Crippen LogP contribution in [0.1, 0.15) is 20.1 Å². The number of ether oxygens (including phenoxy) is 2. The first-order chi connectivity index (χ1) is 11.9. The molecular formula is C16H18F3N3O3. The van der Waals surface area contributed by atoms with Gasteiger partial charge in [0.15, 0.2) is 6.10 Å². The van der Waals surface area contributed by atoms with E-state index in [-0.39, 0.29) is 5.75 Å². The van der Waals surface area contributed by atoms with Gasteiger partial charge in [0.2, 0.25) is 6.23 Å². The Hall–Kier alpha value is -2.58. The smallest absolute Gasteiger partial charge is 0.303 e. The SMILES string of the molecule is CC(=O)OC(C(Oc1ccc(F)cc1)n1cncn1)C(C)(CF)CF. The second kappa shape index (κ2) is 8.00. The highest BCUT2D eigenvalue weighted by Gasteiger charge is 2.45. The van der Waals surface area contributed by atoms with Crippen LogP contribution >= 0.6 is 0 Å². The molecule has 0 saturated carbocycles. The van der Waals surface area contributed by atoms with Crippen molar-refractivity contribution in [2.75, 3.05) is 13.3 Å². The predicted octanol–water partition coefficient (Wildman–Crippen LogP) is 2.87. The molecule has 6 nitrogen and oxygen atoms in total. The third-order valence-electron chi connectivity index (χ3n) is 3.62. The summed E-state index contributed by atoms with van der Waals surface area (Å²) in [5.41, 5.74) is -1.66. The average Bonchev–Trinajstić information content (AvgIpc) is 3.13. The van der Waals surface area contributed by atoms with E-state index in [1.54, 1.807) is 0 Å². The Morgan fingerprint density at radius 3 is 2.40 bits per heavy atom. The fourth-order valence-corrected chi connectivity index (χ4v) is 2.17. The molecule has 0 fully saturated rings. The first-order valence-electron chi connectivity index (χ1n) is 7.45. The molecule has 0 aliphatic carbocycles. The summed E-state index contributed by atoms with van der Waals surface area (Å²) < 4.78 is 52.2. The van der Waals surface area contributed by atoms with E-state index >= 15 is 0 Å². The van der Waals surface area contributed by atoms with Crippen molar-refractivity contribution in [3.05, 3.63) is 42.7 Å². The quantitative estimate of drug-likeness (QED) is 0.680. The number of alkyl halides is 2. The molecule has 1 aromatic heterocycles. The van der Waals surface area contributed by atoms with Gasteiger partial charge in [0, 0.05) is 6.92 Å². The van der Waals surface area contributed by atoms with Crippen molar-refractivity contribution in [2.45, 2.75) is 26.2 Å². The van der Waals surface area contributed by atoms with Crippen molar-refractivity contribution in [2.24, 2.45) is 5.41 Å². The van der Waals surface area contributed by atoms with Crippen LogP contribution < -0.4 is 4.74 Å². The van der Waals surface area contributed by atoms with Gasteiger partial charge in [-0.15, -0.1) is 0 Å². The lowest BCUT2D eigenvalue weighted by atomic mass is 9.85. The number of carbonyl (C=O) groups excluding carboxylic acids is 1. The molecule has 2 rings (SSSR count). The number of carbonyl (C=O) groups is 1. The second-order valence-corrected chi connectivity index (χ2v) is 5.79. The van der Waals surface area contributed by atoms with E-state index < -0.39 is 42.9 Å². The molecule has 136 valence electrons. The zero-order valence-electron chi connectivity index (χ0n) is 13.7. The Labute approximate surface area is 142 Å². The van der Waals surface area contributed by atoms with Crippen molar-refractivity contribution in [3.8, 4) is 5.75 Å². The summed E-state index contributed by atoms with van der Waals surface area (Å²) >= 11 is 0. The zero-order chi connectivity index (χ0) is 18.4. The summed E-state index contributed by atoms with van der Waals surface area (Å²) in [4.78, 5) is 15.3. The molecule has 0 spiro atoms. The molecule has 9 heteroatoms.